The van der Waals surface area contributed by atoms with E-state index in [1.807, 2.05) is 30.5 Å². The maximum atomic E-state index is 11.9. The van der Waals surface area contributed by atoms with Crippen LogP contribution in [0.25, 0.3) is 0 Å². The highest BCUT2D eigenvalue weighted by molar-refractivity contribution is 7.98. The Hall–Kier alpha value is -1.16. The first-order valence-corrected chi connectivity index (χ1v) is 8.11. The van der Waals surface area contributed by atoms with E-state index < -0.39 is 0 Å². The van der Waals surface area contributed by atoms with Crippen molar-refractivity contribution in [2.75, 3.05) is 11.6 Å². The third kappa shape index (κ3) is 4.46. The summed E-state index contributed by atoms with van der Waals surface area (Å²) in [5.41, 5.74) is 0.846. The zero-order chi connectivity index (χ0) is 13.7. The van der Waals surface area contributed by atoms with E-state index in [1.165, 1.54) is 17.7 Å². The van der Waals surface area contributed by atoms with E-state index in [9.17, 15) is 4.79 Å². The van der Waals surface area contributed by atoms with Crippen LogP contribution in [-0.4, -0.2) is 18.3 Å². The van der Waals surface area contributed by atoms with Gasteiger partial charge in [0.05, 0.1) is 0 Å². The van der Waals surface area contributed by atoms with Gasteiger partial charge in [0.2, 0.25) is 0 Å². The molecule has 1 aliphatic rings. The highest BCUT2D eigenvalue weighted by atomic mass is 32.2. The average molecular weight is 278 g/mol. The molecular formula is C15H22N2OS. The van der Waals surface area contributed by atoms with Gasteiger partial charge in [0.15, 0.2) is 0 Å². The minimum absolute atomic E-state index is 0.0870. The number of anilines is 1. The number of urea groups is 1. The SMILES string of the molecule is CSc1ccc(NC(=O)N[C@H]2CCC[C@@H](C)C2)cc1. The molecule has 0 heterocycles. The van der Waals surface area contributed by atoms with Crippen LogP contribution in [-0.2, 0) is 0 Å². The monoisotopic (exact) mass is 278 g/mol. The van der Waals surface area contributed by atoms with Crippen molar-refractivity contribution in [3.8, 4) is 0 Å². The van der Waals surface area contributed by atoms with Gasteiger partial charge in [-0.25, -0.2) is 4.79 Å². The molecule has 1 aromatic rings. The predicted molar refractivity (Wildman–Crippen MR) is 81.8 cm³/mol. The third-order valence-corrected chi connectivity index (χ3v) is 4.36. The van der Waals surface area contributed by atoms with Crippen LogP contribution in [0.1, 0.15) is 32.6 Å². The molecule has 104 valence electrons. The fourth-order valence-electron chi connectivity index (χ4n) is 2.59. The number of benzene rings is 1. The third-order valence-electron chi connectivity index (χ3n) is 3.62. The first-order valence-electron chi connectivity index (χ1n) is 6.89. The first-order chi connectivity index (χ1) is 9.17. The van der Waals surface area contributed by atoms with Crippen molar-refractivity contribution in [2.45, 2.75) is 43.5 Å². The van der Waals surface area contributed by atoms with Crippen LogP contribution >= 0.6 is 11.8 Å². The van der Waals surface area contributed by atoms with Gasteiger partial charge in [0.25, 0.3) is 0 Å². The van der Waals surface area contributed by atoms with Crippen molar-refractivity contribution in [3.05, 3.63) is 24.3 Å². The molecule has 2 amide bonds. The summed E-state index contributed by atoms with van der Waals surface area (Å²) < 4.78 is 0. The second-order valence-corrected chi connectivity index (χ2v) is 6.18. The Morgan fingerprint density at radius 1 is 1.26 bits per heavy atom. The molecular weight excluding hydrogens is 256 g/mol. The number of amides is 2. The molecule has 4 heteroatoms. The molecule has 1 saturated carbocycles. The predicted octanol–water partition coefficient (Wildman–Crippen LogP) is 4.11. The molecule has 0 aliphatic heterocycles. The summed E-state index contributed by atoms with van der Waals surface area (Å²) in [7, 11) is 0. The number of carbonyl (C=O) groups excluding carboxylic acids is 1. The van der Waals surface area contributed by atoms with E-state index in [4.69, 9.17) is 0 Å². The fourth-order valence-corrected chi connectivity index (χ4v) is 3.00. The largest absolute Gasteiger partial charge is 0.335 e. The number of nitrogens with one attached hydrogen (secondary N) is 2. The van der Waals surface area contributed by atoms with Gasteiger partial charge in [-0.3, -0.25) is 0 Å². The lowest BCUT2D eigenvalue weighted by Crippen LogP contribution is -2.40. The first kappa shape index (κ1) is 14.3. The van der Waals surface area contributed by atoms with Crippen LogP contribution in [0.4, 0.5) is 10.5 Å². The summed E-state index contributed by atoms with van der Waals surface area (Å²) in [4.78, 5) is 13.1. The lowest BCUT2D eigenvalue weighted by atomic mass is 9.87. The average Bonchev–Trinajstić information content (AvgIpc) is 2.39. The Labute approximate surface area is 119 Å². The normalized spacial score (nSPS) is 22.8. The molecule has 3 nitrogen and oxygen atoms in total. The highest BCUT2D eigenvalue weighted by Crippen LogP contribution is 2.23. The van der Waals surface area contributed by atoms with Crippen molar-refractivity contribution < 1.29 is 4.79 Å². The van der Waals surface area contributed by atoms with E-state index in [-0.39, 0.29) is 6.03 Å². The number of carbonyl (C=O) groups is 1. The summed E-state index contributed by atoms with van der Waals surface area (Å²) in [5.74, 6) is 0.722. The smallest absolute Gasteiger partial charge is 0.319 e. The second kappa shape index (κ2) is 6.85. The second-order valence-electron chi connectivity index (χ2n) is 5.30. The van der Waals surface area contributed by atoms with Gasteiger partial charge < -0.3 is 10.6 Å². The van der Waals surface area contributed by atoms with Crippen molar-refractivity contribution >= 4 is 23.5 Å². The zero-order valence-corrected chi connectivity index (χ0v) is 12.4. The minimum atomic E-state index is -0.0870. The molecule has 2 rings (SSSR count). The molecule has 2 atom stereocenters. The van der Waals surface area contributed by atoms with Gasteiger partial charge in [0, 0.05) is 16.6 Å². The van der Waals surface area contributed by atoms with E-state index >= 15 is 0 Å². The molecule has 0 saturated heterocycles. The zero-order valence-electron chi connectivity index (χ0n) is 11.6. The Morgan fingerprint density at radius 2 is 2.00 bits per heavy atom. The molecule has 0 spiro atoms. The molecule has 2 N–H and O–H groups in total. The molecule has 1 fully saturated rings. The molecule has 0 bridgehead atoms. The van der Waals surface area contributed by atoms with Crippen LogP contribution in [0.5, 0.6) is 0 Å². The van der Waals surface area contributed by atoms with Gasteiger partial charge in [-0.2, -0.15) is 0 Å². The van der Waals surface area contributed by atoms with E-state index in [0.717, 1.165) is 24.4 Å². The Kier molecular flexibility index (Phi) is 5.14. The van der Waals surface area contributed by atoms with Crippen LogP contribution in [0.3, 0.4) is 0 Å². The molecule has 1 aliphatic carbocycles. The molecule has 19 heavy (non-hydrogen) atoms. The topological polar surface area (TPSA) is 41.1 Å². The fraction of sp³-hybridized carbons (Fsp3) is 0.533. The van der Waals surface area contributed by atoms with Crippen LogP contribution in [0, 0.1) is 5.92 Å². The van der Waals surface area contributed by atoms with Gasteiger partial charge >= 0.3 is 6.03 Å². The minimum Gasteiger partial charge on any atom is -0.335 e. The van der Waals surface area contributed by atoms with E-state index in [0.29, 0.717) is 6.04 Å². The Morgan fingerprint density at radius 3 is 2.63 bits per heavy atom. The summed E-state index contributed by atoms with van der Waals surface area (Å²) in [6, 6.07) is 8.15. The molecule has 1 aromatic carbocycles. The van der Waals surface area contributed by atoms with Crippen LogP contribution in [0.2, 0.25) is 0 Å². The number of hydrogen-bond donors (Lipinski definition) is 2. The maximum absolute atomic E-state index is 11.9. The van der Waals surface area contributed by atoms with E-state index in [2.05, 4.69) is 17.6 Å². The van der Waals surface area contributed by atoms with Crippen molar-refractivity contribution in [3.63, 3.8) is 0 Å². The number of hydrogen-bond acceptors (Lipinski definition) is 2. The van der Waals surface area contributed by atoms with Crippen molar-refractivity contribution in [2.24, 2.45) is 5.92 Å². The number of thioether (sulfide) groups is 1. The summed E-state index contributed by atoms with van der Waals surface area (Å²) in [6.07, 6.45) is 6.74. The maximum Gasteiger partial charge on any atom is 0.319 e. The van der Waals surface area contributed by atoms with Crippen molar-refractivity contribution in [1.29, 1.82) is 0 Å². The van der Waals surface area contributed by atoms with Gasteiger partial charge in [-0.05, 0) is 49.3 Å². The summed E-state index contributed by atoms with van der Waals surface area (Å²) in [6.45, 7) is 2.26. The number of rotatable bonds is 3. The molecule has 0 aromatic heterocycles. The van der Waals surface area contributed by atoms with Gasteiger partial charge in [-0.15, -0.1) is 11.8 Å². The Bertz CT molecular complexity index is 419. The van der Waals surface area contributed by atoms with Crippen LogP contribution in [0.15, 0.2) is 29.2 Å². The van der Waals surface area contributed by atoms with Crippen LogP contribution < -0.4 is 10.6 Å². The molecule has 0 radical (unpaired) electrons. The summed E-state index contributed by atoms with van der Waals surface area (Å²) in [5, 5.41) is 5.97. The van der Waals surface area contributed by atoms with Gasteiger partial charge in [-0.1, -0.05) is 19.8 Å². The Balaban J connectivity index is 1.83. The quantitative estimate of drug-likeness (QED) is 0.817. The highest BCUT2D eigenvalue weighted by Gasteiger charge is 2.20. The lowest BCUT2D eigenvalue weighted by Gasteiger charge is -2.27. The van der Waals surface area contributed by atoms with Crippen molar-refractivity contribution in [1.82, 2.24) is 5.32 Å². The summed E-state index contributed by atoms with van der Waals surface area (Å²) >= 11 is 1.70. The standard InChI is InChI=1S/C15H22N2OS/c1-11-4-3-5-13(10-11)17-15(18)16-12-6-8-14(19-2)9-7-12/h6-9,11,13H,3-5,10H2,1-2H3,(H2,16,17,18)/t11-,13+/m1/s1. The molecule has 0 unspecified atom stereocenters. The van der Waals surface area contributed by atoms with E-state index in [1.54, 1.807) is 11.8 Å². The van der Waals surface area contributed by atoms with Gasteiger partial charge in [0.1, 0.15) is 0 Å². The lowest BCUT2D eigenvalue weighted by molar-refractivity contribution is 0.238.